The minimum atomic E-state index is 0.0764. The summed E-state index contributed by atoms with van der Waals surface area (Å²) in [4.78, 5) is 14.4. The summed E-state index contributed by atoms with van der Waals surface area (Å²) in [6.45, 7) is 0.976. The van der Waals surface area contributed by atoms with Crippen molar-refractivity contribution in [3.63, 3.8) is 0 Å². The fraction of sp³-hybridized carbons (Fsp3) is 0.923. The lowest BCUT2D eigenvalue weighted by Crippen LogP contribution is -2.46. The summed E-state index contributed by atoms with van der Waals surface area (Å²) in [6, 6.07) is 0.0764. The van der Waals surface area contributed by atoms with Crippen molar-refractivity contribution in [3.8, 4) is 0 Å². The Labute approximate surface area is 108 Å². The van der Waals surface area contributed by atoms with Crippen LogP contribution in [-0.2, 0) is 4.79 Å². The van der Waals surface area contributed by atoms with Crippen molar-refractivity contribution in [3.05, 3.63) is 0 Å². The standard InChI is InChI=1S/C13H23NO2S/c15-10-11-6-2-1-4-8-14(11)13(16)12-7-3-5-9-17-12/h11-12,15H,1-10H2. The van der Waals surface area contributed by atoms with E-state index in [4.69, 9.17) is 0 Å². The molecule has 98 valence electrons. The van der Waals surface area contributed by atoms with E-state index in [0.717, 1.165) is 38.0 Å². The third-order valence-corrected chi connectivity index (χ3v) is 5.19. The number of likely N-dealkylation sites (tertiary alicyclic amines) is 1. The average molecular weight is 257 g/mol. The summed E-state index contributed by atoms with van der Waals surface area (Å²) in [5.74, 6) is 1.41. The Bertz CT molecular complexity index is 254. The van der Waals surface area contributed by atoms with Gasteiger partial charge >= 0.3 is 0 Å². The van der Waals surface area contributed by atoms with Crippen LogP contribution >= 0.6 is 11.8 Å². The monoisotopic (exact) mass is 257 g/mol. The van der Waals surface area contributed by atoms with Crippen LogP contribution in [-0.4, -0.2) is 46.1 Å². The Hall–Kier alpha value is -0.220. The van der Waals surface area contributed by atoms with Crippen LogP contribution in [0.15, 0.2) is 0 Å². The maximum atomic E-state index is 12.5. The summed E-state index contributed by atoms with van der Waals surface area (Å²) in [7, 11) is 0. The van der Waals surface area contributed by atoms with Crippen LogP contribution in [0.2, 0.25) is 0 Å². The molecule has 2 rings (SSSR count). The first-order valence-corrected chi connectivity index (χ1v) is 7.90. The maximum Gasteiger partial charge on any atom is 0.236 e. The number of aliphatic hydroxyl groups is 1. The Kier molecular flexibility index (Phi) is 5.16. The number of aliphatic hydroxyl groups excluding tert-OH is 1. The van der Waals surface area contributed by atoms with Gasteiger partial charge in [0.15, 0.2) is 0 Å². The topological polar surface area (TPSA) is 40.5 Å². The van der Waals surface area contributed by atoms with Crippen molar-refractivity contribution in [2.45, 2.75) is 56.2 Å². The predicted octanol–water partition coefficient (Wildman–Crippen LogP) is 2.04. The number of amides is 1. The molecule has 0 saturated carbocycles. The van der Waals surface area contributed by atoms with Gasteiger partial charge in [-0.25, -0.2) is 0 Å². The molecule has 0 aliphatic carbocycles. The molecule has 2 saturated heterocycles. The van der Waals surface area contributed by atoms with Crippen molar-refractivity contribution in [2.24, 2.45) is 0 Å². The molecular formula is C13H23NO2S. The first-order valence-electron chi connectivity index (χ1n) is 6.86. The minimum Gasteiger partial charge on any atom is -0.394 e. The highest BCUT2D eigenvalue weighted by atomic mass is 32.2. The van der Waals surface area contributed by atoms with E-state index in [2.05, 4.69) is 0 Å². The Morgan fingerprint density at radius 3 is 2.71 bits per heavy atom. The van der Waals surface area contributed by atoms with Gasteiger partial charge < -0.3 is 10.0 Å². The molecule has 2 aliphatic rings. The van der Waals surface area contributed by atoms with Crippen molar-refractivity contribution >= 4 is 17.7 Å². The minimum absolute atomic E-state index is 0.0764. The van der Waals surface area contributed by atoms with Crippen LogP contribution in [0.4, 0.5) is 0 Å². The van der Waals surface area contributed by atoms with Crippen molar-refractivity contribution in [1.82, 2.24) is 4.90 Å². The number of hydrogen-bond donors (Lipinski definition) is 1. The van der Waals surface area contributed by atoms with Crippen molar-refractivity contribution in [2.75, 3.05) is 18.9 Å². The van der Waals surface area contributed by atoms with Crippen LogP contribution in [0.3, 0.4) is 0 Å². The van der Waals surface area contributed by atoms with Crippen molar-refractivity contribution < 1.29 is 9.90 Å². The Morgan fingerprint density at radius 1 is 1.18 bits per heavy atom. The zero-order valence-electron chi connectivity index (χ0n) is 10.4. The number of carbonyl (C=O) groups excluding carboxylic acids is 1. The zero-order chi connectivity index (χ0) is 12.1. The first-order chi connectivity index (χ1) is 8.33. The molecule has 0 aromatic rings. The van der Waals surface area contributed by atoms with Gasteiger partial charge in [0.2, 0.25) is 5.91 Å². The van der Waals surface area contributed by atoms with E-state index in [1.807, 2.05) is 16.7 Å². The van der Waals surface area contributed by atoms with Gasteiger partial charge in [0.05, 0.1) is 17.9 Å². The lowest BCUT2D eigenvalue weighted by Gasteiger charge is -2.33. The summed E-state index contributed by atoms with van der Waals surface area (Å²) in [5, 5.41) is 9.60. The fourth-order valence-electron chi connectivity index (χ4n) is 2.78. The van der Waals surface area contributed by atoms with Gasteiger partial charge in [0.25, 0.3) is 0 Å². The van der Waals surface area contributed by atoms with Gasteiger partial charge in [0, 0.05) is 6.54 Å². The van der Waals surface area contributed by atoms with E-state index >= 15 is 0 Å². The third-order valence-electron chi connectivity index (χ3n) is 3.83. The van der Waals surface area contributed by atoms with E-state index in [-0.39, 0.29) is 23.8 Å². The number of carbonyl (C=O) groups is 1. The van der Waals surface area contributed by atoms with E-state index in [1.165, 1.54) is 19.3 Å². The Balaban J connectivity index is 1.98. The average Bonchev–Trinajstić information content (AvgIpc) is 2.64. The summed E-state index contributed by atoms with van der Waals surface area (Å²) in [5.41, 5.74) is 0. The lowest BCUT2D eigenvalue weighted by atomic mass is 10.1. The number of hydrogen-bond acceptors (Lipinski definition) is 3. The summed E-state index contributed by atoms with van der Waals surface area (Å²) in [6.07, 6.45) is 7.86. The number of thioether (sulfide) groups is 1. The highest BCUT2D eigenvalue weighted by Gasteiger charge is 2.31. The van der Waals surface area contributed by atoms with Gasteiger partial charge in [-0.15, -0.1) is 11.8 Å². The molecule has 0 aromatic carbocycles. The second-order valence-corrected chi connectivity index (χ2v) is 6.38. The predicted molar refractivity (Wildman–Crippen MR) is 71.2 cm³/mol. The maximum absolute atomic E-state index is 12.5. The molecule has 2 aliphatic heterocycles. The summed E-state index contributed by atoms with van der Waals surface area (Å²) >= 11 is 1.81. The molecule has 0 aromatic heterocycles. The van der Waals surface area contributed by atoms with Gasteiger partial charge in [-0.1, -0.05) is 19.3 Å². The smallest absolute Gasteiger partial charge is 0.236 e. The SMILES string of the molecule is O=C(C1CCCCS1)N1CCCCCC1CO. The molecule has 0 radical (unpaired) electrons. The first kappa shape index (κ1) is 13.2. The fourth-order valence-corrected chi connectivity index (χ4v) is 4.04. The molecule has 4 heteroatoms. The quantitative estimate of drug-likeness (QED) is 0.823. The van der Waals surface area contributed by atoms with Crippen LogP contribution in [0.5, 0.6) is 0 Å². The van der Waals surface area contributed by atoms with E-state index in [1.54, 1.807) is 0 Å². The molecule has 0 bridgehead atoms. The highest BCUT2D eigenvalue weighted by molar-refractivity contribution is 8.00. The van der Waals surface area contributed by atoms with E-state index in [0.29, 0.717) is 0 Å². The second-order valence-electron chi connectivity index (χ2n) is 5.07. The molecule has 17 heavy (non-hydrogen) atoms. The van der Waals surface area contributed by atoms with Crippen LogP contribution in [0.1, 0.15) is 44.9 Å². The largest absolute Gasteiger partial charge is 0.394 e. The molecule has 1 amide bonds. The van der Waals surface area contributed by atoms with E-state index in [9.17, 15) is 9.90 Å². The molecule has 2 fully saturated rings. The van der Waals surface area contributed by atoms with E-state index < -0.39 is 0 Å². The second kappa shape index (κ2) is 6.64. The molecule has 2 atom stereocenters. The van der Waals surface area contributed by atoms with Crippen LogP contribution in [0.25, 0.3) is 0 Å². The molecule has 2 heterocycles. The van der Waals surface area contributed by atoms with Crippen LogP contribution in [0, 0.1) is 0 Å². The summed E-state index contributed by atoms with van der Waals surface area (Å²) < 4.78 is 0. The van der Waals surface area contributed by atoms with Gasteiger partial charge in [-0.2, -0.15) is 0 Å². The molecular weight excluding hydrogens is 234 g/mol. The Morgan fingerprint density at radius 2 is 2.00 bits per heavy atom. The van der Waals surface area contributed by atoms with Gasteiger partial charge in [0.1, 0.15) is 0 Å². The molecule has 2 unspecified atom stereocenters. The molecule has 0 spiro atoms. The highest BCUT2D eigenvalue weighted by Crippen LogP contribution is 2.28. The number of nitrogens with zero attached hydrogens (tertiary/aromatic N) is 1. The lowest BCUT2D eigenvalue weighted by molar-refractivity contribution is -0.134. The zero-order valence-corrected chi connectivity index (χ0v) is 11.3. The molecule has 1 N–H and O–H groups in total. The normalized spacial score (nSPS) is 31.0. The van der Waals surface area contributed by atoms with Gasteiger partial charge in [-0.05, 0) is 31.4 Å². The van der Waals surface area contributed by atoms with Gasteiger partial charge in [-0.3, -0.25) is 4.79 Å². The third kappa shape index (κ3) is 3.38. The molecule has 3 nitrogen and oxygen atoms in total. The number of rotatable bonds is 2. The van der Waals surface area contributed by atoms with Crippen LogP contribution < -0.4 is 0 Å². The van der Waals surface area contributed by atoms with Crippen molar-refractivity contribution in [1.29, 1.82) is 0 Å².